The molecule has 1 aliphatic heterocycles. The van der Waals surface area contributed by atoms with Crippen LogP contribution in [0.15, 0.2) is 22.7 Å². The molecule has 2 heterocycles. The van der Waals surface area contributed by atoms with Gasteiger partial charge in [-0.2, -0.15) is 0 Å². The molecule has 1 aliphatic rings. The Labute approximate surface area is 119 Å². The van der Waals surface area contributed by atoms with Crippen LogP contribution in [0, 0.1) is 0 Å². The molecule has 0 bridgehead atoms. The van der Waals surface area contributed by atoms with Crippen LogP contribution < -0.4 is 5.73 Å². The van der Waals surface area contributed by atoms with Gasteiger partial charge in [0.2, 0.25) is 0 Å². The quantitative estimate of drug-likeness (QED) is 0.855. The number of tetrazole rings is 1. The number of hydrogen-bond donors (Lipinski definition) is 1. The zero-order chi connectivity index (χ0) is 13.2. The first-order valence-electron chi connectivity index (χ1n) is 6.16. The van der Waals surface area contributed by atoms with Crippen molar-refractivity contribution in [2.75, 3.05) is 18.9 Å². The number of rotatable bonds is 2. The fourth-order valence-electron chi connectivity index (χ4n) is 2.24. The second kappa shape index (κ2) is 5.26. The Hall–Kier alpha value is -1.47. The minimum atomic E-state index is 0.295. The standard InChI is InChI=1S/C12H14BrN5O/c13-10-2-1-8(7-11(10)14)12-15-16-17-18(12)9-3-5-19-6-4-9/h1-2,7,9H,3-6,14H2. The molecule has 0 unspecified atom stereocenters. The molecule has 1 fully saturated rings. The van der Waals surface area contributed by atoms with Crippen molar-refractivity contribution in [3.63, 3.8) is 0 Å². The molecule has 19 heavy (non-hydrogen) atoms. The number of ether oxygens (including phenoxy) is 1. The number of nitrogens with zero attached hydrogens (tertiary/aromatic N) is 4. The van der Waals surface area contributed by atoms with Crippen LogP contribution >= 0.6 is 15.9 Å². The first-order chi connectivity index (χ1) is 9.25. The SMILES string of the molecule is Nc1cc(-c2nnnn2C2CCOCC2)ccc1Br. The molecule has 100 valence electrons. The van der Waals surface area contributed by atoms with Crippen molar-refractivity contribution in [2.45, 2.75) is 18.9 Å². The van der Waals surface area contributed by atoms with E-state index in [1.54, 1.807) is 0 Å². The summed E-state index contributed by atoms with van der Waals surface area (Å²) in [6, 6.07) is 6.05. The average Bonchev–Trinajstić information content (AvgIpc) is 2.92. The maximum absolute atomic E-state index is 5.91. The molecule has 0 radical (unpaired) electrons. The minimum absolute atomic E-state index is 0.295. The normalized spacial score (nSPS) is 16.7. The number of halogens is 1. The highest BCUT2D eigenvalue weighted by molar-refractivity contribution is 9.10. The molecule has 0 saturated carbocycles. The lowest BCUT2D eigenvalue weighted by atomic mass is 10.1. The number of hydrogen-bond acceptors (Lipinski definition) is 5. The van der Waals surface area contributed by atoms with E-state index in [1.807, 2.05) is 22.9 Å². The third kappa shape index (κ3) is 2.48. The Morgan fingerprint density at radius 3 is 2.84 bits per heavy atom. The maximum Gasteiger partial charge on any atom is 0.182 e. The molecule has 3 rings (SSSR count). The summed E-state index contributed by atoms with van der Waals surface area (Å²) in [5.74, 6) is 0.756. The Kier molecular flexibility index (Phi) is 3.48. The Balaban J connectivity index is 1.96. The minimum Gasteiger partial charge on any atom is -0.398 e. The van der Waals surface area contributed by atoms with Crippen LogP contribution in [0.5, 0.6) is 0 Å². The van der Waals surface area contributed by atoms with Gasteiger partial charge in [-0.05, 0) is 57.4 Å². The van der Waals surface area contributed by atoms with Crippen molar-refractivity contribution in [1.29, 1.82) is 0 Å². The van der Waals surface area contributed by atoms with Crippen molar-refractivity contribution in [3.8, 4) is 11.4 Å². The number of nitrogens with two attached hydrogens (primary N) is 1. The highest BCUT2D eigenvalue weighted by Gasteiger charge is 2.21. The fraction of sp³-hybridized carbons (Fsp3) is 0.417. The van der Waals surface area contributed by atoms with Crippen molar-refractivity contribution in [2.24, 2.45) is 0 Å². The van der Waals surface area contributed by atoms with Gasteiger partial charge in [-0.25, -0.2) is 4.68 Å². The fourth-order valence-corrected chi connectivity index (χ4v) is 2.49. The zero-order valence-corrected chi connectivity index (χ0v) is 11.9. The van der Waals surface area contributed by atoms with Crippen molar-refractivity contribution < 1.29 is 4.74 Å². The lowest BCUT2D eigenvalue weighted by molar-refractivity contribution is 0.0662. The lowest BCUT2D eigenvalue weighted by Gasteiger charge is -2.22. The van der Waals surface area contributed by atoms with Crippen LogP contribution in [0.3, 0.4) is 0 Å². The third-order valence-corrected chi connectivity index (χ3v) is 4.01. The molecule has 2 N–H and O–H groups in total. The molecule has 1 saturated heterocycles. The van der Waals surface area contributed by atoms with Gasteiger partial charge in [0, 0.05) is 28.9 Å². The molecule has 1 aromatic heterocycles. The number of benzene rings is 1. The monoisotopic (exact) mass is 323 g/mol. The van der Waals surface area contributed by atoms with Gasteiger partial charge >= 0.3 is 0 Å². The van der Waals surface area contributed by atoms with Gasteiger partial charge < -0.3 is 10.5 Å². The summed E-state index contributed by atoms with van der Waals surface area (Å²) in [5, 5.41) is 12.0. The molecule has 6 nitrogen and oxygen atoms in total. The van der Waals surface area contributed by atoms with Gasteiger partial charge in [0.25, 0.3) is 0 Å². The second-order valence-electron chi connectivity index (χ2n) is 4.53. The van der Waals surface area contributed by atoms with Crippen LogP contribution in [0.2, 0.25) is 0 Å². The lowest BCUT2D eigenvalue weighted by Crippen LogP contribution is -2.21. The second-order valence-corrected chi connectivity index (χ2v) is 5.38. The summed E-state index contributed by atoms with van der Waals surface area (Å²) < 4.78 is 8.13. The first-order valence-corrected chi connectivity index (χ1v) is 6.96. The van der Waals surface area contributed by atoms with E-state index < -0.39 is 0 Å². The van der Waals surface area contributed by atoms with E-state index in [1.165, 1.54) is 0 Å². The predicted octanol–water partition coefficient (Wildman–Crippen LogP) is 2.04. The van der Waals surface area contributed by atoms with Crippen molar-refractivity contribution >= 4 is 21.6 Å². The van der Waals surface area contributed by atoms with E-state index in [0.29, 0.717) is 11.7 Å². The van der Waals surface area contributed by atoms with Crippen molar-refractivity contribution in [1.82, 2.24) is 20.2 Å². The first kappa shape index (κ1) is 12.6. The van der Waals surface area contributed by atoms with Crippen molar-refractivity contribution in [3.05, 3.63) is 22.7 Å². The topological polar surface area (TPSA) is 78.9 Å². The van der Waals surface area contributed by atoms with E-state index in [0.717, 1.165) is 41.9 Å². The van der Waals surface area contributed by atoms with Gasteiger partial charge in [-0.3, -0.25) is 0 Å². The third-order valence-electron chi connectivity index (χ3n) is 3.28. The number of anilines is 1. The summed E-state index contributed by atoms with van der Waals surface area (Å²) in [7, 11) is 0. The van der Waals surface area contributed by atoms with Gasteiger partial charge in [-0.1, -0.05) is 0 Å². The highest BCUT2D eigenvalue weighted by atomic mass is 79.9. The van der Waals surface area contributed by atoms with Crippen LogP contribution in [0.4, 0.5) is 5.69 Å². The predicted molar refractivity (Wildman–Crippen MR) is 74.5 cm³/mol. The number of nitrogen functional groups attached to an aromatic ring is 1. The summed E-state index contributed by atoms with van der Waals surface area (Å²) in [4.78, 5) is 0. The Bertz CT molecular complexity index is 579. The van der Waals surface area contributed by atoms with Crippen LogP contribution in [0.25, 0.3) is 11.4 Å². The van der Waals surface area contributed by atoms with Crippen LogP contribution in [-0.4, -0.2) is 33.4 Å². The molecular formula is C12H14BrN5O. The maximum atomic E-state index is 5.91. The summed E-state index contributed by atoms with van der Waals surface area (Å²) in [5.41, 5.74) is 7.52. The molecule has 1 aromatic carbocycles. The Morgan fingerprint density at radius 2 is 2.11 bits per heavy atom. The molecular weight excluding hydrogens is 310 g/mol. The molecule has 0 amide bonds. The van der Waals surface area contributed by atoms with Gasteiger partial charge in [0.05, 0.1) is 6.04 Å². The average molecular weight is 324 g/mol. The largest absolute Gasteiger partial charge is 0.398 e. The van der Waals surface area contributed by atoms with Gasteiger partial charge in [0.1, 0.15) is 0 Å². The van der Waals surface area contributed by atoms with E-state index in [4.69, 9.17) is 10.5 Å². The Morgan fingerprint density at radius 1 is 1.32 bits per heavy atom. The molecule has 2 aromatic rings. The van der Waals surface area contributed by atoms with Crippen LogP contribution in [-0.2, 0) is 4.74 Å². The van der Waals surface area contributed by atoms with Gasteiger partial charge in [0.15, 0.2) is 5.82 Å². The summed E-state index contributed by atoms with van der Waals surface area (Å²) in [6.07, 6.45) is 1.87. The summed E-state index contributed by atoms with van der Waals surface area (Å²) >= 11 is 3.39. The number of aromatic nitrogens is 4. The van der Waals surface area contributed by atoms with Crippen LogP contribution in [0.1, 0.15) is 18.9 Å². The molecule has 0 aliphatic carbocycles. The molecule has 7 heteroatoms. The van der Waals surface area contributed by atoms with E-state index in [-0.39, 0.29) is 0 Å². The molecule has 0 atom stereocenters. The smallest absolute Gasteiger partial charge is 0.182 e. The summed E-state index contributed by atoms with van der Waals surface area (Å²) in [6.45, 7) is 1.51. The van der Waals surface area contributed by atoms with E-state index in [9.17, 15) is 0 Å². The van der Waals surface area contributed by atoms with E-state index >= 15 is 0 Å². The highest BCUT2D eigenvalue weighted by Crippen LogP contribution is 2.29. The van der Waals surface area contributed by atoms with E-state index in [2.05, 4.69) is 31.5 Å². The molecule has 0 spiro atoms. The zero-order valence-electron chi connectivity index (χ0n) is 10.3. The van der Waals surface area contributed by atoms with Gasteiger partial charge in [-0.15, -0.1) is 5.10 Å².